The molecule has 2 heterocycles. The summed E-state index contributed by atoms with van der Waals surface area (Å²) < 4.78 is 10.6. The highest BCUT2D eigenvalue weighted by atomic mass is 17.2. The van der Waals surface area contributed by atoms with E-state index in [2.05, 4.69) is 9.97 Å². The Balaban J connectivity index is 2.50. The quantitative estimate of drug-likeness (QED) is 0.452. The monoisotopic (exact) mass is 264 g/mol. The molecule has 0 saturated heterocycles. The molecule has 0 spiro atoms. The van der Waals surface area contributed by atoms with Crippen molar-refractivity contribution in [3.05, 3.63) is 24.0 Å². The molecule has 0 amide bonds. The van der Waals surface area contributed by atoms with Gasteiger partial charge in [0.05, 0.1) is 26.2 Å². The molecule has 0 aliphatic heterocycles. The van der Waals surface area contributed by atoms with Gasteiger partial charge in [0.25, 0.3) is 0 Å². The standard InChI is InChI=1S/C13H16N2O4/c1-4-18-19-8-10-12(16-2)11-9(6-5-7-14-11)13(15-10)17-3/h5-7H,4,8H2,1-3H3. The Bertz CT molecular complexity index is 560. The Morgan fingerprint density at radius 1 is 1.16 bits per heavy atom. The second kappa shape index (κ2) is 6.31. The van der Waals surface area contributed by atoms with Crippen LogP contribution in [0.1, 0.15) is 12.6 Å². The molecule has 2 rings (SSSR count). The van der Waals surface area contributed by atoms with Crippen molar-refractivity contribution in [2.24, 2.45) is 0 Å². The second-order valence-corrected chi connectivity index (χ2v) is 3.67. The molecule has 6 heteroatoms. The normalized spacial score (nSPS) is 10.7. The van der Waals surface area contributed by atoms with Crippen LogP contribution >= 0.6 is 0 Å². The van der Waals surface area contributed by atoms with E-state index in [1.54, 1.807) is 20.4 Å². The number of ether oxygens (including phenoxy) is 2. The van der Waals surface area contributed by atoms with Gasteiger partial charge in [0, 0.05) is 6.20 Å². The molecule has 19 heavy (non-hydrogen) atoms. The lowest BCUT2D eigenvalue weighted by molar-refractivity contribution is -0.301. The molecular formula is C13H16N2O4. The molecule has 0 N–H and O–H groups in total. The van der Waals surface area contributed by atoms with Gasteiger partial charge in [-0.25, -0.2) is 14.8 Å². The smallest absolute Gasteiger partial charge is 0.223 e. The number of hydrogen-bond acceptors (Lipinski definition) is 6. The first-order chi connectivity index (χ1) is 9.31. The molecule has 0 aliphatic carbocycles. The summed E-state index contributed by atoms with van der Waals surface area (Å²) in [7, 11) is 3.14. The average molecular weight is 264 g/mol. The summed E-state index contributed by atoms with van der Waals surface area (Å²) in [6.45, 7) is 2.47. The Labute approximate surface area is 111 Å². The van der Waals surface area contributed by atoms with E-state index in [0.29, 0.717) is 29.4 Å². The highest BCUT2D eigenvalue weighted by Crippen LogP contribution is 2.32. The van der Waals surface area contributed by atoms with Crippen molar-refractivity contribution in [1.82, 2.24) is 9.97 Å². The fourth-order valence-electron chi connectivity index (χ4n) is 1.78. The minimum Gasteiger partial charge on any atom is -0.492 e. The van der Waals surface area contributed by atoms with Gasteiger partial charge >= 0.3 is 0 Å². The first-order valence-corrected chi connectivity index (χ1v) is 5.91. The zero-order valence-corrected chi connectivity index (χ0v) is 11.2. The summed E-state index contributed by atoms with van der Waals surface area (Å²) >= 11 is 0. The third-order valence-corrected chi connectivity index (χ3v) is 2.55. The highest BCUT2D eigenvalue weighted by molar-refractivity contribution is 5.89. The maximum Gasteiger partial charge on any atom is 0.223 e. The molecule has 0 saturated carbocycles. The summed E-state index contributed by atoms with van der Waals surface area (Å²) in [4.78, 5) is 18.6. The number of fused-ring (bicyclic) bond motifs is 1. The van der Waals surface area contributed by atoms with E-state index in [0.717, 1.165) is 5.39 Å². The molecule has 102 valence electrons. The van der Waals surface area contributed by atoms with Crippen molar-refractivity contribution in [3.63, 3.8) is 0 Å². The lowest BCUT2D eigenvalue weighted by atomic mass is 10.2. The lowest BCUT2D eigenvalue weighted by Gasteiger charge is -2.12. The van der Waals surface area contributed by atoms with E-state index in [1.165, 1.54) is 0 Å². The predicted molar refractivity (Wildman–Crippen MR) is 69.1 cm³/mol. The van der Waals surface area contributed by atoms with Crippen LogP contribution in [0.4, 0.5) is 0 Å². The molecular weight excluding hydrogens is 248 g/mol. The Morgan fingerprint density at radius 2 is 2.00 bits per heavy atom. The van der Waals surface area contributed by atoms with Gasteiger partial charge in [0.2, 0.25) is 5.88 Å². The van der Waals surface area contributed by atoms with Gasteiger partial charge in [-0.05, 0) is 19.1 Å². The first-order valence-electron chi connectivity index (χ1n) is 5.91. The van der Waals surface area contributed by atoms with Crippen molar-refractivity contribution in [2.75, 3.05) is 20.8 Å². The molecule has 0 aromatic carbocycles. The number of pyridine rings is 2. The van der Waals surface area contributed by atoms with Crippen molar-refractivity contribution in [2.45, 2.75) is 13.5 Å². The van der Waals surface area contributed by atoms with Gasteiger partial charge in [-0.3, -0.25) is 4.98 Å². The summed E-state index contributed by atoms with van der Waals surface area (Å²) in [5.74, 6) is 1.05. The number of hydrogen-bond donors (Lipinski definition) is 0. The minimum absolute atomic E-state index is 0.167. The van der Waals surface area contributed by atoms with Crippen molar-refractivity contribution < 1.29 is 19.2 Å². The molecule has 0 bridgehead atoms. The van der Waals surface area contributed by atoms with E-state index >= 15 is 0 Å². The molecule has 2 aromatic heterocycles. The van der Waals surface area contributed by atoms with E-state index in [4.69, 9.17) is 19.2 Å². The molecule has 0 unspecified atom stereocenters. The Kier molecular flexibility index (Phi) is 4.48. The zero-order chi connectivity index (χ0) is 13.7. The van der Waals surface area contributed by atoms with Gasteiger partial charge in [-0.15, -0.1) is 0 Å². The fourth-order valence-corrected chi connectivity index (χ4v) is 1.78. The summed E-state index contributed by atoms with van der Waals surface area (Å²) in [6, 6.07) is 3.70. The summed E-state index contributed by atoms with van der Waals surface area (Å²) in [5, 5.41) is 0.794. The number of nitrogens with zero attached hydrogens (tertiary/aromatic N) is 2. The molecule has 0 atom stereocenters. The molecule has 0 radical (unpaired) electrons. The van der Waals surface area contributed by atoms with Gasteiger partial charge in [0.1, 0.15) is 17.8 Å². The Hall–Kier alpha value is -1.92. The SMILES string of the molecule is CCOOCc1nc(OC)c2cccnc2c1OC. The van der Waals surface area contributed by atoms with E-state index < -0.39 is 0 Å². The van der Waals surface area contributed by atoms with Crippen LogP contribution in [0.5, 0.6) is 11.6 Å². The Morgan fingerprint density at radius 3 is 2.68 bits per heavy atom. The first kappa shape index (κ1) is 13.5. The number of methoxy groups -OCH3 is 2. The zero-order valence-electron chi connectivity index (χ0n) is 11.2. The van der Waals surface area contributed by atoms with E-state index in [1.807, 2.05) is 19.1 Å². The predicted octanol–water partition coefficient (Wildman–Crippen LogP) is 2.12. The van der Waals surface area contributed by atoms with E-state index in [9.17, 15) is 0 Å². The maximum atomic E-state index is 5.37. The molecule has 6 nitrogen and oxygen atoms in total. The van der Waals surface area contributed by atoms with Crippen LogP contribution in [-0.2, 0) is 16.4 Å². The fraction of sp³-hybridized carbons (Fsp3) is 0.385. The average Bonchev–Trinajstić information content (AvgIpc) is 2.46. The third kappa shape index (κ3) is 2.74. The van der Waals surface area contributed by atoms with E-state index in [-0.39, 0.29) is 6.61 Å². The van der Waals surface area contributed by atoms with Crippen molar-refractivity contribution >= 4 is 10.9 Å². The minimum atomic E-state index is 0.167. The van der Waals surface area contributed by atoms with Gasteiger partial charge < -0.3 is 9.47 Å². The second-order valence-electron chi connectivity index (χ2n) is 3.67. The van der Waals surface area contributed by atoms with Crippen LogP contribution in [0.3, 0.4) is 0 Å². The number of rotatable bonds is 6. The van der Waals surface area contributed by atoms with Crippen molar-refractivity contribution in [3.8, 4) is 11.6 Å². The highest BCUT2D eigenvalue weighted by Gasteiger charge is 2.16. The van der Waals surface area contributed by atoms with Crippen LogP contribution < -0.4 is 9.47 Å². The van der Waals surface area contributed by atoms with Gasteiger partial charge in [-0.1, -0.05) is 0 Å². The topological polar surface area (TPSA) is 62.7 Å². The summed E-state index contributed by atoms with van der Waals surface area (Å²) in [6.07, 6.45) is 1.69. The molecule has 0 fully saturated rings. The van der Waals surface area contributed by atoms with Crippen LogP contribution in [-0.4, -0.2) is 30.8 Å². The lowest BCUT2D eigenvalue weighted by Crippen LogP contribution is -2.04. The van der Waals surface area contributed by atoms with Crippen LogP contribution in [0.15, 0.2) is 18.3 Å². The maximum absolute atomic E-state index is 5.37. The van der Waals surface area contributed by atoms with Crippen molar-refractivity contribution in [1.29, 1.82) is 0 Å². The van der Waals surface area contributed by atoms with Gasteiger partial charge in [0.15, 0.2) is 5.75 Å². The molecule has 2 aromatic rings. The molecule has 0 aliphatic rings. The van der Waals surface area contributed by atoms with Crippen LogP contribution in [0.2, 0.25) is 0 Å². The third-order valence-electron chi connectivity index (χ3n) is 2.55. The van der Waals surface area contributed by atoms with Gasteiger partial charge in [-0.2, -0.15) is 0 Å². The number of aromatic nitrogens is 2. The largest absolute Gasteiger partial charge is 0.492 e. The summed E-state index contributed by atoms with van der Waals surface area (Å²) in [5.41, 5.74) is 1.27. The van der Waals surface area contributed by atoms with Crippen LogP contribution in [0, 0.1) is 0 Å². The van der Waals surface area contributed by atoms with Crippen LogP contribution in [0.25, 0.3) is 10.9 Å².